The number of phenols is 1. The summed E-state index contributed by atoms with van der Waals surface area (Å²) in [5, 5.41) is 27.5. The summed E-state index contributed by atoms with van der Waals surface area (Å²) in [5.74, 6) is -0.590. The first-order chi connectivity index (χ1) is 18.2. The number of halogens is 3. The van der Waals surface area contributed by atoms with Crippen molar-refractivity contribution >= 4 is 33.9 Å². The summed E-state index contributed by atoms with van der Waals surface area (Å²) in [7, 11) is 0. The highest BCUT2D eigenvalue weighted by Gasteiger charge is 2.30. The average molecular weight is 517 g/mol. The van der Waals surface area contributed by atoms with Crippen LogP contribution in [-0.2, 0) is 6.18 Å². The number of nitrogens with one attached hydrogen (secondary N) is 1. The molecule has 0 bridgehead atoms. The van der Waals surface area contributed by atoms with E-state index in [4.69, 9.17) is 0 Å². The molecule has 5 rings (SSSR count). The van der Waals surface area contributed by atoms with Gasteiger partial charge in [-0.3, -0.25) is 4.79 Å². The van der Waals surface area contributed by atoms with E-state index in [2.05, 4.69) is 30.6 Å². The van der Waals surface area contributed by atoms with Crippen LogP contribution >= 0.6 is 0 Å². The van der Waals surface area contributed by atoms with Crippen molar-refractivity contribution in [2.24, 2.45) is 10.2 Å². The Hall–Kier alpha value is -5.13. The first-order valence-electron chi connectivity index (χ1n) is 11.2. The highest BCUT2D eigenvalue weighted by Crippen LogP contribution is 2.40. The van der Waals surface area contributed by atoms with Gasteiger partial charge in [0, 0.05) is 29.0 Å². The summed E-state index contributed by atoms with van der Waals surface area (Å²) >= 11 is 0. The van der Waals surface area contributed by atoms with Crippen LogP contribution in [0.4, 0.5) is 30.4 Å². The van der Waals surface area contributed by atoms with E-state index in [1.54, 1.807) is 55.8 Å². The van der Waals surface area contributed by atoms with Crippen LogP contribution < -0.4 is 5.32 Å². The number of fused-ring (bicyclic) bond motifs is 1. The Morgan fingerprint density at radius 3 is 2.42 bits per heavy atom. The Bertz CT molecular complexity index is 1660. The smallest absolute Gasteiger partial charge is 0.416 e. The van der Waals surface area contributed by atoms with Crippen molar-refractivity contribution in [2.45, 2.75) is 13.1 Å². The van der Waals surface area contributed by atoms with Gasteiger partial charge in [0.15, 0.2) is 11.6 Å². The van der Waals surface area contributed by atoms with E-state index < -0.39 is 23.4 Å². The topological polar surface area (TPSA) is 118 Å². The Kier molecular flexibility index (Phi) is 6.29. The molecule has 5 aromatic rings. The SMILES string of the molecule is Cc1cnn(-c2ncccn2)c1/N=N/c1c(O)c(C(=O)Nc2ccc(C(F)(F)F)cc2)cc2ccccc12. The van der Waals surface area contributed by atoms with E-state index in [1.807, 2.05) is 0 Å². The second-order valence-corrected chi connectivity index (χ2v) is 8.18. The summed E-state index contributed by atoms with van der Waals surface area (Å²) in [4.78, 5) is 21.4. The molecule has 0 saturated carbocycles. The van der Waals surface area contributed by atoms with Gasteiger partial charge in [0.25, 0.3) is 11.9 Å². The van der Waals surface area contributed by atoms with E-state index in [0.717, 1.165) is 24.3 Å². The molecule has 12 heteroatoms. The molecule has 2 N–H and O–H groups in total. The molecule has 0 spiro atoms. The van der Waals surface area contributed by atoms with Gasteiger partial charge in [-0.2, -0.15) is 23.0 Å². The number of azo groups is 1. The molecule has 0 radical (unpaired) electrons. The summed E-state index contributed by atoms with van der Waals surface area (Å²) in [6, 6.07) is 14.1. The molecule has 0 atom stereocenters. The lowest BCUT2D eigenvalue weighted by atomic mass is 10.0. The number of aromatic hydroxyl groups is 1. The van der Waals surface area contributed by atoms with Crippen molar-refractivity contribution in [1.29, 1.82) is 0 Å². The molecule has 2 aromatic heterocycles. The number of amides is 1. The van der Waals surface area contributed by atoms with E-state index >= 15 is 0 Å². The Balaban J connectivity index is 1.53. The maximum atomic E-state index is 13.0. The number of alkyl halides is 3. The van der Waals surface area contributed by atoms with Gasteiger partial charge in [-0.05, 0) is 48.7 Å². The van der Waals surface area contributed by atoms with Crippen LogP contribution in [0.2, 0.25) is 0 Å². The molecule has 38 heavy (non-hydrogen) atoms. The highest BCUT2D eigenvalue weighted by molar-refractivity contribution is 6.11. The number of phenolic OH excluding ortho intramolecular Hbond substituents is 1. The largest absolute Gasteiger partial charge is 0.505 e. The van der Waals surface area contributed by atoms with Crippen molar-refractivity contribution in [3.05, 3.63) is 95.9 Å². The van der Waals surface area contributed by atoms with Gasteiger partial charge in [-0.15, -0.1) is 10.2 Å². The summed E-state index contributed by atoms with van der Waals surface area (Å²) < 4.78 is 40.0. The molecular formula is C26H18F3N7O2. The maximum Gasteiger partial charge on any atom is 0.416 e. The Morgan fingerprint density at radius 2 is 1.71 bits per heavy atom. The highest BCUT2D eigenvalue weighted by atomic mass is 19.4. The lowest BCUT2D eigenvalue weighted by Crippen LogP contribution is -2.13. The summed E-state index contributed by atoms with van der Waals surface area (Å²) in [6.07, 6.45) is 0.173. The molecule has 0 fully saturated rings. The van der Waals surface area contributed by atoms with Crippen LogP contribution in [0.1, 0.15) is 21.5 Å². The van der Waals surface area contributed by atoms with Crippen LogP contribution in [0.15, 0.2) is 89.5 Å². The third kappa shape index (κ3) is 4.78. The van der Waals surface area contributed by atoms with Crippen LogP contribution in [0, 0.1) is 6.92 Å². The number of nitrogens with zero attached hydrogens (tertiary/aromatic N) is 6. The summed E-state index contributed by atoms with van der Waals surface area (Å²) in [5.41, 5.74) is -0.152. The number of rotatable bonds is 5. The second kappa shape index (κ2) is 9.73. The fourth-order valence-electron chi connectivity index (χ4n) is 3.72. The third-order valence-electron chi connectivity index (χ3n) is 5.62. The molecule has 0 aliphatic rings. The van der Waals surface area contributed by atoms with Gasteiger partial charge in [0.05, 0.1) is 17.3 Å². The van der Waals surface area contributed by atoms with Crippen molar-refractivity contribution in [3.8, 4) is 11.7 Å². The summed E-state index contributed by atoms with van der Waals surface area (Å²) in [6.45, 7) is 1.77. The standard InChI is InChI=1S/C26H18F3N7O2/c1-15-14-32-36(25-30-11-4-12-31-25)23(15)35-34-21-19-6-3-2-5-16(19)13-20(22(21)37)24(38)33-18-9-7-17(8-10-18)26(27,28)29/h2-14,37H,1H3,(H,33,38)/b35-34+. The van der Waals surface area contributed by atoms with Gasteiger partial charge in [-0.25, -0.2) is 9.97 Å². The van der Waals surface area contributed by atoms with Gasteiger partial charge in [-0.1, -0.05) is 24.3 Å². The van der Waals surface area contributed by atoms with E-state index in [0.29, 0.717) is 22.2 Å². The monoisotopic (exact) mass is 517 g/mol. The number of carbonyl (C=O) groups is 1. The van der Waals surface area contributed by atoms with E-state index in [9.17, 15) is 23.1 Å². The molecule has 0 aliphatic carbocycles. The fraction of sp³-hybridized carbons (Fsp3) is 0.0769. The number of benzene rings is 3. The number of carbonyl (C=O) groups excluding carboxylic acids is 1. The quantitative estimate of drug-likeness (QED) is 0.258. The van der Waals surface area contributed by atoms with Crippen LogP contribution in [-0.4, -0.2) is 30.8 Å². The predicted molar refractivity (Wildman–Crippen MR) is 133 cm³/mol. The average Bonchev–Trinajstić information content (AvgIpc) is 3.28. The number of aryl methyl sites for hydroxylation is 1. The Labute approximate surface area is 213 Å². The fourth-order valence-corrected chi connectivity index (χ4v) is 3.72. The van der Waals surface area contributed by atoms with Crippen LogP contribution in [0.5, 0.6) is 5.75 Å². The third-order valence-corrected chi connectivity index (χ3v) is 5.62. The number of anilines is 1. The molecule has 1 amide bonds. The van der Waals surface area contributed by atoms with Crippen molar-refractivity contribution in [1.82, 2.24) is 19.7 Å². The van der Waals surface area contributed by atoms with Crippen molar-refractivity contribution < 1.29 is 23.1 Å². The molecule has 2 heterocycles. The first kappa shape index (κ1) is 24.6. The molecule has 0 unspecified atom stereocenters. The zero-order valence-corrected chi connectivity index (χ0v) is 19.7. The number of hydrogen-bond acceptors (Lipinski definition) is 7. The normalized spacial score (nSPS) is 11.8. The molecular weight excluding hydrogens is 499 g/mol. The molecule has 0 aliphatic heterocycles. The van der Waals surface area contributed by atoms with Crippen molar-refractivity contribution in [3.63, 3.8) is 0 Å². The first-order valence-corrected chi connectivity index (χ1v) is 11.2. The Morgan fingerprint density at radius 1 is 1.00 bits per heavy atom. The number of aromatic nitrogens is 4. The van der Waals surface area contributed by atoms with E-state index in [-0.39, 0.29) is 22.9 Å². The zero-order valence-electron chi connectivity index (χ0n) is 19.7. The zero-order chi connectivity index (χ0) is 26.9. The van der Waals surface area contributed by atoms with Gasteiger partial charge < -0.3 is 10.4 Å². The van der Waals surface area contributed by atoms with Gasteiger partial charge >= 0.3 is 6.18 Å². The molecule has 9 nitrogen and oxygen atoms in total. The minimum atomic E-state index is -4.50. The minimum absolute atomic E-state index is 0.0294. The minimum Gasteiger partial charge on any atom is -0.505 e. The molecule has 0 saturated heterocycles. The maximum absolute atomic E-state index is 13.0. The van der Waals surface area contributed by atoms with Crippen LogP contribution in [0.3, 0.4) is 0 Å². The molecule has 3 aromatic carbocycles. The lowest BCUT2D eigenvalue weighted by Gasteiger charge is -2.12. The molecule has 190 valence electrons. The second-order valence-electron chi connectivity index (χ2n) is 8.18. The van der Waals surface area contributed by atoms with Gasteiger partial charge in [0.2, 0.25) is 0 Å². The van der Waals surface area contributed by atoms with Crippen LogP contribution in [0.25, 0.3) is 16.7 Å². The lowest BCUT2D eigenvalue weighted by molar-refractivity contribution is -0.137. The predicted octanol–water partition coefficient (Wildman–Crippen LogP) is 6.52. The number of hydrogen-bond donors (Lipinski definition) is 2. The van der Waals surface area contributed by atoms with Crippen molar-refractivity contribution in [2.75, 3.05) is 5.32 Å². The van der Waals surface area contributed by atoms with Gasteiger partial charge in [0.1, 0.15) is 5.69 Å². The van der Waals surface area contributed by atoms with E-state index in [1.165, 1.54) is 10.7 Å².